The molecule has 3 atom stereocenters. The highest BCUT2D eigenvalue weighted by Crippen LogP contribution is 2.40. The molecule has 43 heavy (non-hydrogen) atoms. The van der Waals surface area contributed by atoms with Gasteiger partial charge in [-0.1, -0.05) is 24.6 Å². The largest absolute Gasteiger partial charge is 0.324 e. The number of likely N-dealkylation sites (tertiary alicyclic amines) is 1. The van der Waals surface area contributed by atoms with Crippen LogP contribution in [0.4, 0.5) is 23.3 Å². The van der Waals surface area contributed by atoms with E-state index in [0.29, 0.717) is 45.9 Å². The molecule has 11 heteroatoms. The van der Waals surface area contributed by atoms with E-state index in [1.807, 2.05) is 13.0 Å². The summed E-state index contributed by atoms with van der Waals surface area (Å²) in [6, 6.07) is 6.33. The average Bonchev–Trinajstić information content (AvgIpc) is 3.59. The van der Waals surface area contributed by atoms with E-state index in [-0.39, 0.29) is 5.92 Å². The second-order valence-corrected chi connectivity index (χ2v) is 15.3. The molecule has 0 spiro atoms. The minimum absolute atomic E-state index is 0.236. The molecule has 5 rings (SSSR count). The molecule has 2 fully saturated rings. The number of aromatic amines is 1. The van der Waals surface area contributed by atoms with Crippen LogP contribution in [0.2, 0.25) is 5.02 Å². The van der Waals surface area contributed by atoms with Crippen LogP contribution in [-0.2, 0) is 9.84 Å². The first-order valence-corrected chi connectivity index (χ1v) is 17.9. The third-order valence-corrected chi connectivity index (χ3v) is 11.4. The van der Waals surface area contributed by atoms with Crippen molar-refractivity contribution in [3.8, 4) is 0 Å². The summed E-state index contributed by atoms with van der Waals surface area (Å²) in [4.78, 5) is 11.4. The van der Waals surface area contributed by atoms with Crippen LogP contribution in [0.1, 0.15) is 80.2 Å². The van der Waals surface area contributed by atoms with Gasteiger partial charge in [0.05, 0.1) is 17.7 Å². The van der Waals surface area contributed by atoms with E-state index >= 15 is 0 Å². The number of nitrogens with zero attached hydrogens (tertiary/aromatic N) is 4. The summed E-state index contributed by atoms with van der Waals surface area (Å²) in [5.41, 5.74) is 5.58. The van der Waals surface area contributed by atoms with Crippen molar-refractivity contribution in [2.24, 2.45) is 11.8 Å². The first-order chi connectivity index (χ1) is 20.6. The van der Waals surface area contributed by atoms with Gasteiger partial charge in [0.1, 0.15) is 5.02 Å². The van der Waals surface area contributed by atoms with Gasteiger partial charge in [-0.2, -0.15) is 10.1 Å². The van der Waals surface area contributed by atoms with E-state index in [1.54, 1.807) is 6.20 Å². The molecule has 1 aliphatic carbocycles. The average molecular weight is 628 g/mol. The van der Waals surface area contributed by atoms with E-state index in [9.17, 15) is 8.42 Å². The number of benzene rings is 1. The lowest BCUT2D eigenvalue weighted by molar-refractivity contribution is 0.339. The number of rotatable bonds is 11. The number of sulfone groups is 1. The zero-order valence-electron chi connectivity index (χ0n) is 25.9. The number of anilines is 4. The Balaban J connectivity index is 1.21. The smallest absolute Gasteiger partial charge is 0.229 e. The molecule has 3 heterocycles. The van der Waals surface area contributed by atoms with Crippen molar-refractivity contribution < 1.29 is 8.42 Å². The van der Waals surface area contributed by atoms with Crippen molar-refractivity contribution in [3.05, 3.63) is 51.8 Å². The molecule has 0 bridgehead atoms. The standard InChI is InChI=1S/C32H46ClN7O2S/c1-21-8-9-25(10-11-26(21)20-43(41,42)15-7-14-40-12-5-6-13-40)27-16-23(3)29(17-22(27)2)35-32-34-19-28(33)31(37-32)36-30-18-24(4)38-39-30/h16-19,21,25-26H,5-15,20H2,1-4H3,(H3,34,35,36,37,38,39). The van der Waals surface area contributed by atoms with Gasteiger partial charge < -0.3 is 15.5 Å². The minimum atomic E-state index is -3.04. The topological polar surface area (TPSA) is 116 Å². The van der Waals surface area contributed by atoms with Crippen molar-refractivity contribution in [1.82, 2.24) is 25.1 Å². The molecular formula is C32H46ClN7O2S. The number of hydrogen-bond donors (Lipinski definition) is 3. The highest BCUT2D eigenvalue weighted by molar-refractivity contribution is 7.91. The van der Waals surface area contributed by atoms with E-state index in [2.05, 4.69) is 68.6 Å². The summed E-state index contributed by atoms with van der Waals surface area (Å²) >= 11 is 6.35. The maximum atomic E-state index is 13.0. The summed E-state index contributed by atoms with van der Waals surface area (Å²) < 4.78 is 26.1. The fourth-order valence-corrected chi connectivity index (χ4v) is 8.70. The fourth-order valence-electron chi connectivity index (χ4n) is 6.68. The third-order valence-electron chi connectivity index (χ3n) is 9.25. The van der Waals surface area contributed by atoms with E-state index in [4.69, 9.17) is 11.6 Å². The molecule has 1 saturated carbocycles. The second-order valence-electron chi connectivity index (χ2n) is 12.7. The molecule has 2 aromatic heterocycles. The van der Waals surface area contributed by atoms with Crippen molar-refractivity contribution in [2.75, 3.05) is 41.8 Å². The molecule has 1 saturated heterocycles. The highest BCUT2D eigenvalue weighted by atomic mass is 35.5. The zero-order valence-corrected chi connectivity index (χ0v) is 27.5. The number of aromatic nitrogens is 4. The van der Waals surface area contributed by atoms with Crippen LogP contribution in [0.15, 0.2) is 24.4 Å². The summed E-state index contributed by atoms with van der Waals surface area (Å²) in [5, 5.41) is 14.0. The van der Waals surface area contributed by atoms with Crippen LogP contribution >= 0.6 is 11.6 Å². The summed E-state index contributed by atoms with van der Waals surface area (Å²) in [6.45, 7) is 11.6. The predicted octanol–water partition coefficient (Wildman–Crippen LogP) is 7.08. The SMILES string of the molecule is Cc1cc(Nc2nc(Nc3cc(C)c(C4CCC(C)C(CS(=O)(=O)CCCN5CCCC5)CC4)cc3C)ncc2Cl)n[nH]1. The minimum Gasteiger partial charge on any atom is -0.324 e. The van der Waals surface area contributed by atoms with Crippen molar-refractivity contribution in [1.29, 1.82) is 0 Å². The number of aryl methyl sites for hydroxylation is 3. The Morgan fingerprint density at radius 3 is 2.53 bits per heavy atom. The Kier molecular flexibility index (Phi) is 10.3. The quantitative estimate of drug-likeness (QED) is 0.193. The van der Waals surface area contributed by atoms with E-state index in [0.717, 1.165) is 68.7 Å². The summed E-state index contributed by atoms with van der Waals surface area (Å²) in [5.74, 6) is 3.29. The molecule has 9 nitrogen and oxygen atoms in total. The van der Waals surface area contributed by atoms with Crippen molar-refractivity contribution in [2.45, 2.75) is 78.6 Å². The molecule has 3 unspecified atom stereocenters. The van der Waals surface area contributed by atoms with Crippen LogP contribution < -0.4 is 10.6 Å². The van der Waals surface area contributed by atoms with Gasteiger partial charge in [-0.05, 0) is 126 Å². The molecule has 1 aliphatic heterocycles. The Labute approximate surface area is 261 Å². The molecule has 3 aromatic rings. The highest BCUT2D eigenvalue weighted by Gasteiger charge is 2.30. The Bertz CT molecular complexity index is 1500. The number of H-pyrrole nitrogens is 1. The molecular weight excluding hydrogens is 582 g/mol. The normalized spacial score (nSPS) is 21.6. The summed E-state index contributed by atoms with van der Waals surface area (Å²) in [7, 11) is -3.04. The van der Waals surface area contributed by atoms with Gasteiger partial charge in [0.15, 0.2) is 21.5 Å². The Morgan fingerprint density at radius 2 is 1.79 bits per heavy atom. The second kappa shape index (κ2) is 13.9. The number of hydrogen-bond acceptors (Lipinski definition) is 8. The van der Waals surface area contributed by atoms with Gasteiger partial charge >= 0.3 is 0 Å². The molecule has 1 aromatic carbocycles. The summed E-state index contributed by atoms with van der Waals surface area (Å²) in [6.07, 6.45) is 8.94. The molecule has 2 aliphatic rings. The lowest BCUT2D eigenvalue weighted by atomic mass is 9.87. The lowest BCUT2D eigenvalue weighted by Gasteiger charge is -2.21. The maximum Gasteiger partial charge on any atom is 0.229 e. The van der Waals surface area contributed by atoms with E-state index < -0.39 is 9.84 Å². The number of nitrogens with one attached hydrogen (secondary N) is 3. The van der Waals surface area contributed by atoms with Crippen LogP contribution in [0.25, 0.3) is 0 Å². The Morgan fingerprint density at radius 1 is 1.02 bits per heavy atom. The monoisotopic (exact) mass is 627 g/mol. The van der Waals surface area contributed by atoms with E-state index in [1.165, 1.54) is 24.0 Å². The molecule has 3 N–H and O–H groups in total. The lowest BCUT2D eigenvalue weighted by Crippen LogP contribution is -2.26. The third kappa shape index (κ3) is 8.48. The molecule has 0 radical (unpaired) electrons. The van der Waals surface area contributed by atoms with Gasteiger partial charge in [0.2, 0.25) is 5.95 Å². The maximum absolute atomic E-state index is 13.0. The first kappa shape index (κ1) is 31.7. The van der Waals surface area contributed by atoms with Crippen molar-refractivity contribution >= 4 is 44.7 Å². The van der Waals surface area contributed by atoms with Crippen LogP contribution in [0.3, 0.4) is 0 Å². The van der Waals surface area contributed by atoms with Gasteiger partial charge in [0, 0.05) is 17.4 Å². The van der Waals surface area contributed by atoms with Crippen molar-refractivity contribution in [3.63, 3.8) is 0 Å². The van der Waals surface area contributed by atoms with Crippen LogP contribution in [-0.4, -0.2) is 64.6 Å². The van der Waals surface area contributed by atoms with Gasteiger partial charge in [-0.25, -0.2) is 13.4 Å². The Hall–Kier alpha value is -2.69. The first-order valence-electron chi connectivity index (χ1n) is 15.7. The number of halogens is 1. The van der Waals surface area contributed by atoms with Crippen LogP contribution in [0.5, 0.6) is 0 Å². The zero-order chi connectivity index (χ0) is 30.6. The van der Waals surface area contributed by atoms with Crippen LogP contribution in [0, 0.1) is 32.6 Å². The van der Waals surface area contributed by atoms with Gasteiger partial charge in [0.25, 0.3) is 0 Å². The molecule has 0 amide bonds. The fraction of sp³-hybridized carbons (Fsp3) is 0.594. The predicted molar refractivity (Wildman–Crippen MR) is 176 cm³/mol. The van der Waals surface area contributed by atoms with Gasteiger partial charge in [-0.15, -0.1) is 0 Å². The van der Waals surface area contributed by atoms with Gasteiger partial charge in [-0.3, -0.25) is 5.10 Å². The molecule has 234 valence electrons.